The van der Waals surface area contributed by atoms with Crippen LogP contribution in [0.3, 0.4) is 0 Å². The summed E-state index contributed by atoms with van der Waals surface area (Å²) in [5, 5.41) is 0. The molecule has 0 N–H and O–H groups in total. The smallest absolute Gasteiger partial charge is 0.0654 e. The molecule has 1 aromatic carbocycles. The minimum Gasteiger partial charge on any atom is -0.261 e. The zero-order valence-corrected chi connectivity index (χ0v) is 11.2. The Balaban J connectivity index is 2.23. The summed E-state index contributed by atoms with van der Waals surface area (Å²) in [5.41, 5.74) is 3.75. The number of aryl methyl sites for hydroxylation is 1. The van der Waals surface area contributed by atoms with E-state index in [0.717, 1.165) is 12.1 Å². The summed E-state index contributed by atoms with van der Waals surface area (Å²) < 4.78 is 0. The Morgan fingerprint density at radius 3 is 2.53 bits per heavy atom. The van der Waals surface area contributed by atoms with Gasteiger partial charge in [0.15, 0.2) is 0 Å². The first-order valence-electron chi connectivity index (χ1n) is 6.41. The minimum absolute atomic E-state index is 1.07. The molecule has 0 saturated carbocycles. The summed E-state index contributed by atoms with van der Waals surface area (Å²) in [5.74, 6) is 0. The third kappa shape index (κ3) is 6.06. The first-order chi connectivity index (χ1) is 8.20. The zero-order chi connectivity index (χ0) is 12.5. The number of para-hydroxylation sites is 1. The van der Waals surface area contributed by atoms with Crippen LogP contribution >= 0.6 is 0 Å². The van der Waals surface area contributed by atoms with E-state index in [1.165, 1.54) is 30.4 Å². The fourth-order valence-electron chi connectivity index (χ4n) is 1.64. The highest BCUT2D eigenvalue weighted by Crippen LogP contribution is 2.16. The molecule has 0 atom stereocenters. The molecule has 0 radical (unpaired) electrons. The summed E-state index contributed by atoms with van der Waals surface area (Å²) in [6.45, 7) is 6.40. The Labute approximate surface area is 105 Å². The van der Waals surface area contributed by atoms with E-state index < -0.39 is 0 Å². The van der Waals surface area contributed by atoms with Crippen LogP contribution in [0.5, 0.6) is 0 Å². The molecule has 0 saturated heterocycles. The maximum absolute atomic E-state index is 4.50. The number of allylic oxidation sites excluding steroid dienone is 2. The molecule has 17 heavy (non-hydrogen) atoms. The third-order valence-corrected chi connectivity index (χ3v) is 2.69. The molecule has 1 heteroatoms. The number of rotatable bonds is 6. The van der Waals surface area contributed by atoms with Crippen molar-refractivity contribution in [1.82, 2.24) is 0 Å². The SMILES string of the molecule is CC(C)=CCCCCC=Nc1ccccc1C. The van der Waals surface area contributed by atoms with E-state index in [9.17, 15) is 0 Å². The lowest BCUT2D eigenvalue weighted by atomic mass is 10.1. The minimum atomic E-state index is 1.07. The Morgan fingerprint density at radius 2 is 1.82 bits per heavy atom. The van der Waals surface area contributed by atoms with Gasteiger partial charge in [-0.2, -0.15) is 0 Å². The van der Waals surface area contributed by atoms with Gasteiger partial charge < -0.3 is 0 Å². The van der Waals surface area contributed by atoms with Crippen LogP contribution in [-0.2, 0) is 0 Å². The van der Waals surface area contributed by atoms with E-state index in [-0.39, 0.29) is 0 Å². The maximum Gasteiger partial charge on any atom is 0.0654 e. The Kier molecular flexibility index (Phi) is 6.31. The lowest BCUT2D eigenvalue weighted by Crippen LogP contribution is -1.79. The highest BCUT2D eigenvalue weighted by Gasteiger charge is 1.91. The van der Waals surface area contributed by atoms with Gasteiger partial charge in [-0.1, -0.05) is 29.8 Å². The van der Waals surface area contributed by atoms with Crippen LogP contribution < -0.4 is 0 Å². The molecule has 1 nitrogen and oxygen atoms in total. The van der Waals surface area contributed by atoms with Crippen molar-refractivity contribution in [3.63, 3.8) is 0 Å². The molecule has 1 rings (SSSR count). The van der Waals surface area contributed by atoms with Crippen LogP contribution in [0.25, 0.3) is 0 Å². The van der Waals surface area contributed by atoms with E-state index in [1.807, 2.05) is 18.3 Å². The molecular formula is C16H23N. The largest absolute Gasteiger partial charge is 0.261 e. The van der Waals surface area contributed by atoms with Gasteiger partial charge in [0.05, 0.1) is 5.69 Å². The van der Waals surface area contributed by atoms with Crippen molar-refractivity contribution >= 4 is 11.9 Å². The summed E-state index contributed by atoms with van der Waals surface area (Å²) in [7, 11) is 0. The highest BCUT2D eigenvalue weighted by atomic mass is 14.7. The van der Waals surface area contributed by atoms with Crippen molar-refractivity contribution < 1.29 is 0 Å². The molecule has 0 amide bonds. The normalized spacial score (nSPS) is 10.8. The fourth-order valence-corrected chi connectivity index (χ4v) is 1.64. The van der Waals surface area contributed by atoms with Gasteiger partial charge in [-0.3, -0.25) is 4.99 Å². The van der Waals surface area contributed by atoms with Gasteiger partial charge in [0, 0.05) is 6.21 Å². The maximum atomic E-state index is 4.50. The van der Waals surface area contributed by atoms with Crippen LogP contribution in [0.2, 0.25) is 0 Å². The van der Waals surface area contributed by atoms with Crippen LogP contribution in [-0.4, -0.2) is 6.21 Å². The molecule has 0 spiro atoms. The number of hydrogen-bond acceptors (Lipinski definition) is 1. The third-order valence-electron chi connectivity index (χ3n) is 2.69. The number of nitrogens with zero attached hydrogens (tertiary/aromatic N) is 1. The molecule has 0 aliphatic heterocycles. The molecule has 0 unspecified atom stereocenters. The van der Waals surface area contributed by atoms with Crippen LogP contribution in [0, 0.1) is 6.92 Å². The number of benzene rings is 1. The van der Waals surface area contributed by atoms with Crippen LogP contribution in [0.1, 0.15) is 45.1 Å². The van der Waals surface area contributed by atoms with Crippen molar-refractivity contribution in [2.75, 3.05) is 0 Å². The van der Waals surface area contributed by atoms with Gasteiger partial charge in [-0.15, -0.1) is 0 Å². The van der Waals surface area contributed by atoms with Crippen LogP contribution in [0.15, 0.2) is 40.9 Å². The Morgan fingerprint density at radius 1 is 1.12 bits per heavy atom. The Bertz CT molecular complexity index is 384. The second-order valence-electron chi connectivity index (χ2n) is 4.66. The van der Waals surface area contributed by atoms with Crippen molar-refractivity contribution in [3.8, 4) is 0 Å². The van der Waals surface area contributed by atoms with Crippen molar-refractivity contribution in [2.45, 2.75) is 46.5 Å². The molecule has 92 valence electrons. The molecule has 0 aliphatic rings. The number of hydrogen-bond donors (Lipinski definition) is 0. The predicted molar refractivity (Wildman–Crippen MR) is 77.2 cm³/mol. The lowest BCUT2D eigenvalue weighted by Gasteiger charge is -1.98. The first-order valence-corrected chi connectivity index (χ1v) is 6.41. The molecular weight excluding hydrogens is 206 g/mol. The van der Waals surface area contributed by atoms with Crippen molar-refractivity contribution in [1.29, 1.82) is 0 Å². The summed E-state index contributed by atoms with van der Waals surface area (Å²) in [4.78, 5) is 4.50. The van der Waals surface area contributed by atoms with Gasteiger partial charge in [0.2, 0.25) is 0 Å². The predicted octanol–water partition coefficient (Wildman–Crippen LogP) is 5.22. The van der Waals surface area contributed by atoms with E-state index in [2.05, 4.69) is 44.0 Å². The topological polar surface area (TPSA) is 12.4 Å². The quantitative estimate of drug-likeness (QED) is 0.360. The van der Waals surface area contributed by atoms with Gasteiger partial charge in [-0.25, -0.2) is 0 Å². The monoisotopic (exact) mass is 229 g/mol. The number of unbranched alkanes of at least 4 members (excludes halogenated alkanes) is 3. The van der Waals surface area contributed by atoms with Gasteiger partial charge >= 0.3 is 0 Å². The molecule has 0 heterocycles. The van der Waals surface area contributed by atoms with E-state index >= 15 is 0 Å². The van der Waals surface area contributed by atoms with Crippen molar-refractivity contribution in [3.05, 3.63) is 41.5 Å². The standard InChI is InChI=1S/C16H23N/c1-14(2)10-6-4-5-9-13-17-16-12-8-7-11-15(16)3/h7-8,10-13H,4-6,9H2,1-3H3. The van der Waals surface area contributed by atoms with Crippen LogP contribution in [0.4, 0.5) is 5.69 Å². The van der Waals surface area contributed by atoms with E-state index in [1.54, 1.807) is 0 Å². The first kappa shape index (κ1) is 13.7. The summed E-state index contributed by atoms with van der Waals surface area (Å²) in [6, 6.07) is 8.25. The molecule has 0 fully saturated rings. The van der Waals surface area contributed by atoms with Gasteiger partial charge in [0.1, 0.15) is 0 Å². The van der Waals surface area contributed by atoms with E-state index in [0.29, 0.717) is 0 Å². The molecule has 0 aromatic heterocycles. The highest BCUT2D eigenvalue weighted by molar-refractivity contribution is 5.64. The molecule has 0 aliphatic carbocycles. The Hall–Kier alpha value is -1.37. The summed E-state index contributed by atoms with van der Waals surface area (Å²) in [6.07, 6.45) is 9.10. The molecule has 1 aromatic rings. The molecule has 0 bridgehead atoms. The second kappa shape index (κ2) is 7.83. The van der Waals surface area contributed by atoms with Gasteiger partial charge in [-0.05, 0) is 58.1 Å². The van der Waals surface area contributed by atoms with E-state index in [4.69, 9.17) is 0 Å². The fraction of sp³-hybridized carbons (Fsp3) is 0.438. The zero-order valence-electron chi connectivity index (χ0n) is 11.2. The van der Waals surface area contributed by atoms with Crippen molar-refractivity contribution in [2.24, 2.45) is 4.99 Å². The number of aliphatic imine (C=N–C) groups is 1. The van der Waals surface area contributed by atoms with Gasteiger partial charge in [0.25, 0.3) is 0 Å². The average Bonchev–Trinajstić information content (AvgIpc) is 2.30. The summed E-state index contributed by atoms with van der Waals surface area (Å²) >= 11 is 0. The average molecular weight is 229 g/mol. The second-order valence-corrected chi connectivity index (χ2v) is 4.66. The lowest BCUT2D eigenvalue weighted by molar-refractivity contribution is 0.780.